The third-order valence-corrected chi connectivity index (χ3v) is 4.84. The van der Waals surface area contributed by atoms with Gasteiger partial charge in [0.25, 0.3) is 15.7 Å². The second-order valence-corrected chi connectivity index (χ2v) is 6.34. The number of hydrazone groups is 1. The SMILES string of the molecule is CCC1=NN(S(=O)(=O)c2ccccc2)[C@@](O)(C(F)(F)F)C1. The van der Waals surface area contributed by atoms with Crippen molar-refractivity contribution in [2.45, 2.75) is 36.6 Å². The lowest BCUT2D eigenvalue weighted by Crippen LogP contribution is -2.56. The Kier molecular flexibility index (Phi) is 3.75. The van der Waals surface area contributed by atoms with Crippen LogP contribution in [0.2, 0.25) is 0 Å². The molecule has 21 heavy (non-hydrogen) atoms. The Bertz CT molecular complexity index is 658. The van der Waals surface area contributed by atoms with Crippen molar-refractivity contribution in [3.05, 3.63) is 30.3 Å². The van der Waals surface area contributed by atoms with Crippen molar-refractivity contribution in [1.29, 1.82) is 0 Å². The zero-order valence-electron chi connectivity index (χ0n) is 11.0. The molecule has 1 aliphatic rings. The number of sulfonamides is 1. The molecule has 0 spiro atoms. The zero-order valence-corrected chi connectivity index (χ0v) is 11.8. The number of rotatable bonds is 3. The van der Waals surface area contributed by atoms with Gasteiger partial charge in [0.1, 0.15) is 0 Å². The summed E-state index contributed by atoms with van der Waals surface area (Å²) in [5.41, 5.74) is -3.58. The van der Waals surface area contributed by atoms with Gasteiger partial charge in [-0.25, -0.2) is 0 Å². The minimum atomic E-state index is -5.16. The first-order valence-corrected chi connectivity index (χ1v) is 7.53. The number of halogens is 3. The molecule has 0 amide bonds. The van der Waals surface area contributed by atoms with E-state index < -0.39 is 28.3 Å². The summed E-state index contributed by atoms with van der Waals surface area (Å²) < 4.78 is 63.8. The summed E-state index contributed by atoms with van der Waals surface area (Å²) in [5.74, 6) is 0. The van der Waals surface area contributed by atoms with Crippen LogP contribution < -0.4 is 0 Å². The van der Waals surface area contributed by atoms with Crippen molar-refractivity contribution in [3.8, 4) is 0 Å². The highest BCUT2D eigenvalue weighted by Gasteiger charge is 2.64. The van der Waals surface area contributed by atoms with E-state index in [1.807, 2.05) is 0 Å². The van der Waals surface area contributed by atoms with Gasteiger partial charge in [0.05, 0.1) is 4.90 Å². The molecule has 1 aliphatic heterocycles. The smallest absolute Gasteiger partial charge is 0.361 e. The highest BCUT2D eigenvalue weighted by molar-refractivity contribution is 7.89. The first kappa shape index (κ1) is 15.8. The number of nitrogens with zero attached hydrogens (tertiary/aromatic N) is 2. The van der Waals surface area contributed by atoms with Crippen LogP contribution in [0.3, 0.4) is 0 Å². The van der Waals surface area contributed by atoms with Crippen molar-refractivity contribution in [1.82, 2.24) is 4.41 Å². The summed E-state index contributed by atoms with van der Waals surface area (Å²) in [6.45, 7) is 1.54. The molecule has 0 saturated heterocycles. The van der Waals surface area contributed by atoms with E-state index in [1.165, 1.54) is 25.1 Å². The summed E-state index contributed by atoms with van der Waals surface area (Å²) >= 11 is 0. The molecule has 0 aromatic heterocycles. The molecular formula is C12H13F3N2O3S. The van der Waals surface area contributed by atoms with Crippen LogP contribution in [0.15, 0.2) is 40.3 Å². The Balaban J connectivity index is 2.56. The Labute approximate surface area is 119 Å². The lowest BCUT2D eigenvalue weighted by molar-refractivity contribution is -0.291. The molecule has 1 aromatic rings. The maximum Gasteiger partial charge on any atom is 0.439 e. The molecule has 9 heteroatoms. The van der Waals surface area contributed by atoms with Crippen molar-refractivity contribution < 1.29 is 26.7 Å². The fourth-order valence-electron chi connectivity index (χ4n) is 1.95. The Morgan fingerprint density at radius 2 is 1.90 bits per heavy atom. The Hall–Kier alpha value is -1.61. The molecule has 0 aliphatic carbocycles. The molecule has 0 radical (unpaired) electrons. The molecule has 1 heterocycles. The molecule has 116 valence electrons. The van der Waals surface area contributed by atoms with E-state index in [-0.39, 0.29) is 21.4 Å². The normalized spacial score (nSPS) is 23.3. The van der Waals surface area contributed by atoms with Crippen molar-refractivity contribution >= 4 is 15.7 Å². The summed E-state index contributed by atoms with van der Waals surface area (Å²) in [6.07, 6.45) is -5.94. The second-order valence-electron chi connectivity index (χ2n) is 4.57. The van der Waals surface area contributed by atoms with Crippen LogP contribution in [0.4, 0.5) is 13.2 Å². The predicted molar refractivity (Wildman–Crippen MR) is 68.8 cm³/mol. The largest absolute Gasteiger partial charge is 0.439 e. The molecule has 5 nitrogen and oxygen atoms in total. The first-order valence-electron chi connectivity index (χ1n) is 6.09. The van der Waals surface area contributed by atoms with Crippen LogP contribution in [-0.2, 0) is 10.0 Å². The Morgan fingerprint density at radius 3 is 2.38 bits per heavy atom. The third-order valence-electron chi connectivity index (χ3n) is 3.13. The van der Waals surface area contributed by atoms with Gasteiger partial charge >= 0.3 is 6.18 Å². The molecule has 0 bridgehead atoms. The number of hydrogen-bond donors (Lipinski definition) is 1. The fourth-order valence-corrected chi connectivity index (χ4v) is 3.44. The molecule has 0 fully saturated rings. The van der Waals surface area contributed by atoms with E-state index >= 15 is 0 Å². The predicted octanol–water partition coefficient (Wildman–Crippen LogP) is 2.10. The summed E-state index contributed by atoms with van der Waals surface area (Å²) in [4.78, 5) is -0.367. The number of aliphatic hydroxyl groups is 1. The van der Waals surface area contributed by atoms with Gasteiger partial charge in [-0.15, -0.1) is 4.41 Å². The lowest BCUT2D eigenvalue weighted by Gasteiger charge is -2.33. The minimum Gasteiger partial charge on any atom is -0.361 e. The van der Waals surface area contributed by atoms with Crippen LogP contribution in [0.1, 0.15) is 19.8 Å². The summed E-state index contributed by atoms with van der Waals surface area (Å²) in [6, 6.07) is 6.57. The van der Waals surface area contributed by atoms with Crippen LogP contribution in [0, 0.1) is 0 Å². The minimum absolute atomic E-state index is 0.0330. The van der Waals surface area contributed by atoms with Gasteiger partial charge in [-0.2, -0.15) is 26.7 Å². The Morgan fingerprint density at radius 1 is 1.33 bits per heavy atom. The van der Waals surface area contributed by atoms with Crippen LogP contribution in [0.25, 0.3) is 0 Å². The second kappa shape index (κ2) is 4.99. The van der Waals surface area contributed by atoms with Crippen molar-refractivity contribution in [2.75, 3.05) is 0 Å². The maximum atomic E-state index is 13.1. The van der Waals surface area contributed by atoms with E-state index in [0.29, 0.717) is 0 Å². The van der Waals surface area contributed by atoms with E-state index in [9.17, 15) is 26.7 Å². The molecule has 1 atom stereocenters. The van der Waals surface area contributed by atoms with Gasteiger partial charge in [-0.3, -0.25) is 0 Å². The molecule has 0 unspecified atom stereocenters. The molecule has 0 saturated carbocycles. The first-order chi connectivity index (χ1) is 9.63. The van der Waals surface area contributed by atoms with Crippen LogP contribution >= 0.6 is 0 Å². The standard InChI is InChI=1S/C12H13F3N2O3S/c1-2-9-8-11(18,12(13,14)15)17(16-9)21(19,20)10-6-4-3-5-7-10/h3-7,18H,2,8H2,1H3/t11-/m0/s1. The molecular weight excluding hydrogens is 309 g/mol. The lowest BCUT2D eigenvalue weighted by atomic mass is 10.1. The average Bonchev–Trinajstić information content (AvgIpc) is 2.79. The van der Waals surface area contributed by atoms with Crippen molar-refractivity contribution in [3.63, 3.8) is 0 Å². The van der Waals surface area contributed by atoms with Gasteiger partial charge in [-0.05, 0) is 18.6 Å². The topological polar surface area (TPSA) is 70.0 Å². The van der Waals surface area contributed by atoms with Crippen LogP contribution in [-0.4, -0.2) is 35.6 Å². The number of benzene rings is 1. The van der Waals surface area contributed by atoms with Gasteiger partial charge < -0.3 is 5.11 Å². The monoisotopic (exact) mass is 322 g/mol. The molecule has 2 rings (SSSR count). The maximum absolute atomic E-state index is 13.1. The van der Waals surface area contributed by atoms with Gasteiger partial charge in [0, 0.05) is 12.1 Å². The van der Waals surface area contributed by atoms with E-state index in [2.05, 4.69) is 5.10 Å². The van der Waals surface area contributed by atoms with Gasteiger partial charge in [0.15, 0.2) is 0 Å². The van der Waals surface area contributed by atoms with E-state index in [0.717, 1.165) is 12.1 Å². The zero-order chi connectivity index (χ0) is 15.9. The van der Waals surface area contributed by atoms with Crippen molar-refractivity contribution in [2.24, 2.45) is 5.10 Å². The fraction of sp³-hybridized carbons (Fsp3) is 0.417. The molecule has 1 N–H and O–H groups in total. The van der Waals surface area contributed by atoms with Crippen LogP contribution in [0.5, 0.6) is 0 Å². The average molecular weight is 322 g/mol. The quantitative estimate of drug-likeness (QED) is 0.926. The summed E-state index contributed by atoms with van der Waals surface area (Å²) in [7, 11) is -4.60. The van der Waals surface area contributed by atoms with Gasteiger partial charge in [0.2, 0.25) is 0 Å². The summed E-state index contributed by atoms with van der Waals surface area (Å²) in [5, 5.41) is 13.4. The third kappa shape index (κ3) is 2.51. The highest BCUT2D eigenvalue weighted by Crippen LogP contribution is 2.43. The van der Waals surface area contributed by atoms with E-state index in [1.54, 1.807) is 0 Å². The number of hydrogen-bond acceptors (Lipinski definition) is 4. The van der Waals surface area contributed by atoms with Gasteiger partial charge in [-0.1, -0.05) is 25.1 Å². The van der Waals surface area contributed by atoms with E-state index in [4.69, 9.17) is 0 Å². The number of alkyl halides is 3. The highest BCUT2D eigenvalue weighted by atomic mass is 32.2. The molecule has 1 aromatic carbocycles.